The van der Waals surface area contributed by atoms with Crippen molar-refractivity contribution in [2.75, 3.05) is 12.3 Å². The first-order valence-corrected chi connectivity index (χ1v) is 11.3. The van der Waals surface area contributed by atoms with Crippen molar-refractivity contribution in [3.63, 3.8) is 0 Å². The molecule has 7 nitrogen and oxygen atoms in total. The van der Waals surface area contributed by atoms with Crippen LogP contribution < -0.4 is 16.2 Å². The first kappa shape index (κ1) is 22.4. The molecule has 0 atom stereocenters. The number of fused-ring (bicyclic) bond motifs is 1. The molecule has 3 amide bonds. The second kappa shape index (κ2) is 10.1. The molecule has 0 saturated heterocycles. The summed E-state index contributed by atoms with van der Waals surface area (Å²) in [5.41, 5.74) is 0.897. The van der Waals surface area contributed by atoms with Gasteiger partial charge in [0.05, 0.1) is 11.1 Å². The monoisotopic (exact) mass is 424 g/mol. The van der Waals surface area contributed by atoms with Gasteiger partial charge in [-0.25, -0.2) is 9.78 Å². The van der Waals surface area contributed by atoms with Gasteiger partial charge in [0.2, 0.25) is 5.91 Å². The van der Waals surface area contributed by atoms with E-state index in [0.29, 0.717) is 28.5 Å². The van der Waals surface area contributed by atoms with Gasteiger partial charge in [0, 0.05) is 18.0 Å². The Morgan fingerprint density at radius 1 is 1.29 bits per heavy atom. The maximum absolute atomic E-state index is 13.0. The number of thioether (sulfide) groups is 1. The highest BCUT2D eigenvalue weighted by atomic mass is 32.2. The Hall–Kier alpha value is -1.87. The number of imide groups is 1. The highest BCUT2D eigenvalue weighted by Gasteiger charge is 2.18. The number of carbonyl (C=O) groups is 2. The molecule has 2 aromatic heterocycles. The molecule has 2 N–H and O–H groups in total. The van der Waals surface area contributed by atoms with E-state index in [0.717, 1.165) is 23.3 Å². The molecule has 2 aromatic rings. The van der Waals surface area contributed by atoms with Gasteiger partial charge >= 0.3 is 6.03 Å². The van der Waals surface area contributed by atoms with Crippen LogP contribution in [-0.4, -0.2) is 33.8 Å². The molecule has 0 unspecified atom stereocenters. The summed E-state index contributed by atoms with van der Waals surface area (Å²) in [7, 11) is 0. The van der Waals surface area contributed by atoms with E-state index in [2.05, 4.69) is 15.6 Å². The third-order valence-corrected chi connectivity index (χ3v) is 6.28. The van der Waals surface area contributed by atoms with Crippen LogP contribution in [-0.2, 0) is 11.3 Å². The molecule has 0 aliphatic carbocycles. The van der Waals surface area contributed by atoms with Crippen molar-refractivity contribution < 1.29 is 9.59 Å². The maximum Gasteiger partial charge on any atom is 0.321 e. The van der Waals surface area contributed by atoms with Crippen molar-refractivity contribution in [2.24, 2.45) is 5.92 Å². The van der Waals surface area contributed by atoms with E-state index < -0.39 is 11.9 Å². The smallest absolute Gasteiger partial charge is 0.321 e. The van der Waals surface area contributed by atoms with Crippen LogP contribution in [0.4, 0.5) is 4.79 Å². The van der Waals surface area contributed by atoms with Gasteiger partial charge in [-0.05, 0) is 31.7 Å². The Labute approximate surface area is 173 Å². The molecule has 2 rings (SSSR count). The van der Waals surface area contributed by atoms with Gasteiger partial charge in [-0.3, -0.25) is 19.5 Å². The summed E-state index contributed by atoms with van der Waals surface area (Å²) in [5.74, 6) is -0.141. The third kappa shape index (κ3) is 5.57. The van der Waals surface area contributed by atoms with Gasteiger partial charge in [-0.2, -0.15) is 0 Å². The van der Waals surface area contributed by atoms with Crippen LogP contribution in [0.3, 0.4) is 0 Å². The normalized spacial score (nSPS) is 11.2. The number of hydrogen-bond acceptors (Lipinski definition) is 6. The van der Waals surface area contributed by atoms with Crippen molar-refractivity contribution in [1.29, 1.82) is 0 Å². The molecule has 0 fully saturated rings. The minimum Gasteiger partial charge on any atom is -0.338 e. The lowest BCUT2D eigenvalue weighted by atomic mass is 10.2. The third-order valence-electron chi connectivity index (χ3n) is 4.20. The number of urea groups is 1. The molecule has 0 saturated carbocycles. The Morgan fingerprint density at radius 3 is 2.64 bits per heavy atom. The molecule has 154 valence electrons. The number of aromatic nitrogens is 2. The van der Waals surface area contributed by atoms with Crippen molar-refractivity contribution >= 4 is 45.3 Å². The lowest BCUT2D eigenvalue weighted by Crippen LogP contribution is -2.40. The Kier molecular flexibility index (Phi) is 8.06. The summed E-state index contributed by atoms with van der Waals surface area (Å²) >= 11 is 2.67. The van der Waals surface area contributed by atoms with Gasteiger partial charge in [0.15, 0.2) is 5.16 Å². The fourth-order valence-corrected chi connectivity index (χ4v) is 4.54. The van der Waals surface area contributed by atoms with Gasteiger partial charge in [0.1, 0.15) is 4.83 Å². The Balaban J connectivity index is 2.18. The van der Waals surface area contributed by atoms with Crippen molar-refractivity contribution in [1.82, 2.24) is 20.2 Å². The molecule has 0 aromatic carbocycles. The zero-order valence-corrected chi connectivity index (χ0v) is 18.7. The highest BCUT2D eigenvalue weighted by Crippen LogP contribution is 2.28. The first-order chi connectivity index (χ1) is 13.2. The fraction of sp³-hybridized carbons (Fsp3) is 0.579. The number of unbranched alkanes of at least 4 members (excludes halogenated alkanes) is 1. The number of amides is 3. The number of carbonyl (C=O) groups excluding carboxylic acids is 2. The van der Waals surface area contributed by atoms with Crippen molar-refractivity contribution in [2.45, 2.75) is 59.2 Å². The highest BCUT2D eigenvalue weighted by molar-refractivity contribution is 7.99. The lowest BCUT2D eigenvalue weighted by molar-refractivity contribution is -0.117. The molecular weight excluding hydrogens is 396 g/mol. The molecule has 0 aliphatic heterocycles. The second-order valence-electron chi connectivity index (χ2n) is 7.11. The van der Waals surface area contributed by atoms with E-state index in [1.807, 2.05) is 34.6 Å². The van der Waals surface area contributed by atoms with Crippen LogP contribution in [0.25, 0.3) is 10.2 Å². The van der Waals surface area contributed by atoms with Gasteiger partial charge in [-0.1, -0.05) is 39.0 Å². The predicted molar refractivity (Wildman–Crippen MR) is 115 cm³/mol. The van der Waals surface area contributed by atoms with E-state index >= 15 is 0 Å². The van der Waals surface area contributed by atoms with Gasteiger partial charge < -0.3 is 5.32 Å². The van der Waals surface area contributed by atoms with Crippen LogP contribution in [0.1, 0.15) is 44.1 Å². The number of rotatable bonds is 8. The standard InChI is InChI=1S/C19H28N4O3S2/c1-6-7-8-20-18(26)21-14(24)10-27-19-22-16-15(12(4)13(5)28-16)17(25)23(19)9-11(2)3/h11H,6-10H2,1-5H3,(H2,20,21,24,26). The topological polar surface area (TPSA) is 93.1 Å². The second-order valence-corrected chi connectivity index (χ2v) is 9.26. The Bertz CT molecular complexity index is 918. The summed E-state index contributed by atoms with van der Waals surface area (Å²) in [5, 5.41) is 6.12. The molecule has 9 heteroatoms. The van der Waals surface area contributed by atoms with Crippen LogP contribution in [0, 0.1) is 19.8 Å². The molecule has 28 heavy (non-hydrogen) atoms. The van der Waals surface area contributed by atoms with Gasteiger partial charge in [0.25, 0.3) is 5.56 Å². The minimum atomic E-state index is -0.494. The molecular formula is C19H28N4O3S2. The number of aryl methyl sites for hydroxylation is 2. The largest absolute Gasteiger partial charge is 0.338 e. The minimum absolute atomic E-state index is 0.0145. The molecule has 0 spiro atoms. The van der Waals surface area contributed by atoms with Gasteiger partial charge in [-0.15, -0.1) is 11.3 Å². The van der Waals surface area contributed by atoms with E-state index in [1.54, 1.807) is 4.57 Å². The zero-order chi connectivity index (χ0) is 20.8. The molecule has 0 aliphatic rings. The summed E-state index contributed by atoms with van der Waals surface area (Å²) in [6.45, 7) is 11.1. The van der Waals surface area contributed by atoms with Crippen LogP contribution in [0.15, 0.2) is 9.95 Å². The average molecular weight is 425 g/mol. The van der Waals surface area contributed by atoms with Crippen molar-refractivity contribution in [3.05, 3.63) is 20.8 Å². The Morgan fingerprint density at radius 2 is 2.00 bits per heavy atom. The first-order valence-electron chi connectivity index (χ1n) is 9.45. The molecule has 0 radical (unpaired) electrons. The summed E-state index contributed by atoms with van der Waals surface area (Å²) in [6.07, 6.45) is 1.83. The van der Waals surface area contributed by atoms with E-state index in [9.17, 15) is 14.4 Å². The summed E-state index contributed by atoms with van der Waals surface area (Å²) in [4.78, 5) is 43.2. The van der Waals surface area contributed by atoms with Crippen molar-refractivity contribution in [3.8, 4) is 0 Å². The number of thiophene rings is 1. The predicted octanol–water partition coefficient (Wildman–Crippen LogP) is 3.45. The van der Waals surface area contributed by atoms with Crippen LogP contribution in [0.5, 0.6) is 0 Å². The fourth-order valence-electron chi connectivity index (χ4n) is 2.66. The summed E-state index contributed by atoms with van der Waals surface area (Å²) in [6, 6.07) is -0.494. The maximum atomic E-state index is 13.0. The molecule has 2 heterocycles. The lowest BCUT2D eigenvalue weighted by Gasteiger charge is -2.14. The van der Waals surface area contributed by atoms with Crippen LogP contribution >= 0.6 is 23.1 Å². The zero-order valence-electron chi connectivity index (χ0n) is 17.0. The summed E-state index contributed by atoms with van der Waals surface area (Å²) < 4.78 is 1.64. The quantitative estimate of drug-likeness (QED) is 0.385. The number of hydrogen-bond donors (Lipinski definition) is 2. The van der Waals surface area contributed by atoms with E-state index in [-0.39, 0.29) is 17.2 Å². The van der Waals surface area contributed by atoms with E-state index in [4.69, 9.17) is 0 Å². The van der Waals surface area contributed by atoms with Crippen LogP contribution in [0.2, 0.25) is 0 Å². The number of nitrogens with one attached hydrogen (secondary N) is 2. The SMILES string of the molecule is CCCCNC(=O)NC(=O)CSc1nc2sc(C)c(C)c2c(=O)n1CC(C)C. The van der Waals surface area contributed by atoms with E-state index in [1.165, 1.54) is 23.1 Å². The molecule has 0 bridgehead atoms. The number of nitrogens with zero attached hydrogens (tertiary/aromatic N) is 2. The average Bonchev–Trinajstić information content (AvgIpc) is 2.90.